The number of benzene rings is 1. The predicted molar refractivity (Wildman–Crippen MR) is 103 cm³/mol. The Bertz CT molecular complexity index is 700. The molecule has 7 nitrogen and oxygen atoms in total. The van der Waals surface area contributed by atoms with Crippen LogP contribution in [0.25, 0.3) is 0 Å². The summed E-state index contributed by atoms with van der Waals surface area (Å²) in [5, 5.41) is 0. The summed E-state index contributed by atoms with van der Waals surface area (Å²) in [5.41, 5.74) is 1.85. The van der Waals surface area contributed by atoms with E-state index in [9.17, 15) is 9.59 Å². The molecule has 3 saturated heterocycles. The van der Waals surface area contributed by atoms with Gasteiger partial charge in [0, 0.05) is 57.6 Å². The highest BCUT2D eigenvalue weighted by atomic mass is 16.5. The summed E-state index contributed by atoms with van der Waals surface area (Å²) >= 11 is 0. The number of fused-ring (bicyclic) bond motifs is 3. The molecular formula is C20H28N4O3. The zero-order valence-corrected chi connectivity index (χ0v) is 16.1. The van der Waals surface area contributed by atoms with Gasteiger partial charge in [-0.3, -0.25) is 9.59 Å². The van der Waals surface area contributed by atoms with Crippen LogP contribution in [0, 0.1) is 5.92 Å². The van der Waals surface area contributed by atoms with Crippen molar-refractivity contribution in [1.82, 2.24) is 14.7 Å². The molecule has 4 rings (SSSR count). The van der Waals surface area contributed by atoms with Gasteiger partial charge in [-0.15, -0.1) is 0 Å². The van der Waals surface area contributed by atoms with Crippen molar-refractivity contribution in [2.75, 3.05) is 71.5 Å². The van der Waals surface area contributed by atoms with Crippen LogP contribution in [0.15, 0.2) is 24.3 Å². The number of anilines is 1. The number of likely N-dealkylation sites (N-methyl/N-ethyl adjacent to an activating group) is 2. The third kappa shape index (κ3) is 3.66. The molecule has 0 aliphatic carbocycles. The highest BCUT2D eigenvalue weighted by Crippen LogP contribution is 2.22. The van der Waals surface area contributed by atoms with Crippen LogP contribution in [0.2, 0.25) is 0 Å². The van der Waals surface area contributed by atoms with Gasteiger partial charge in [0.15, 0.2) is 0 Å². The Morgan fingerprint density at radius 3 is 2.41 bits per heavy atom. The lowest BCUT2D eigenvalue weighted by atomic mass is 10.1. The first-order valence-corrected chi connectivity index (χ1v) is 9.70. The number of rotatable bonds is 2. The molecule has 3 aliphatic heterocycles. The molecule has 3 fully saturated rings. The van der Waals surface area contributed by atoms with Crippen molar-refractivity contribution >= 4 is 17.5 Å². The quantitative estimate of drug-likeness (QED) is 0.751. The average Bonchev–Trinajstić information content (AvgIpc) is 2.87. The molecule has 2 bridgehead atoms. The van der Waals surface area contributed by atoms with Gasteiger partial charge in [-0.1, -0.05) is 0 Å². The predicted octanol–water partition coefficient (Wildman–Crippen LogP) is 0.368. The van der Waals surface area contributed by atoms with Crippen molar-refractivity contribution in [3.8, 4) is 0 Å². The first kappa shape index (κ1) is 18.3. The molecule has 0 unspecified atom stereocenters. The van der Waals surface area contributed by atoms with E-state index < -0.39 is 0 Å². The fourth-order valence-electron chi connectivity index (χ4n) is 4.13. The Morgan fingerprint density at radius 1 is 1.00 bits per heavy atom. The van der Waals surface area contributed by atoms with E-state index in [0.29, 0.717) is 31.9 Å². The molecule has 0 N–H and O–H groups in total. The third-order valence-corrected chi connectivity index (χ3v) is 6.02. The molecule has 0 saturated carbocycles. The molecule has 0 aromatic heterocycles. The third-order valence-electron chi connectivity index (χ3n) is 6.02. The Morgan fingerprint density at radius 2 is 1.70 bits per heavy atom. The lowest BCUT2D eigenvalue weighted by Gasteiger charge is -2.34. The number of nitrogens with zero attached hydrogens (tertiary/aromatic N) is 4. The molecule has 146 valence electrons. The number of piperazine rings is 1. The van der Waals surface area contributed by atoms with E-state index in [2.05, 4.69) is 16.8 Å². The van der Waals surface area contributed by atoms with Gasteiger partial charge < -0.3 is 24.3 Å². The molecule has 1 aromatic rings. The van der Waals surface area contributed by atoms with E-state index >= 15 is 0 Å². The normalized spacial score (nSPS) is 26.9. The van der Waals surface area contributed by atoms with E-state index in [1.165, 1.54) is 0 Å². The second kappa shape index (κ2) is 7.48. The SMILES string of the molecule is CN1CCN(c2ccc(C(=O)N3C[C@@H]4COC[C@H](C3)N(C)C4=O)cc2)CC1. The summed E-state index contributed by atoms with van der Waals surface area (Å²) in [5.74, 6) is -0.186. The maximum atomic E-state index is 13.1. The molecule has 2 amide bonds. The lowest BCUT2D eigenvalue weighted by molar-refractivity contribution is -0.133. The molecule has 0 spiro atoms. The molecule has 0 radical (unpaired) electrons. The van der Waals surface area contributed by atoms with Gasteiger partial charge in [-0.05, 0) is 31.3 Å². The zero-order chi connectivity index (χ0) is 19.0. The van der Waals surface area contributed by atoms with Crippen molar-refractivity contribution in [2.45, 2.75) is 6.04 Å². The maximum absolute atomic E-state index is 13.1. The molecule has 3 heterocycles. The summed E-state index contributed by atoms with van der Waals surface area (Å²) in [6.45, 7) is 5.97. The lowest BCUT2D eigenvalue weighted by Crippen LogP contribution is -2.45. The highest BCUT2D eigenvalue weighted by Gasteiger charge is 2.38. The number of hydrogen-bond donors (Lipinski definition) is 0. The minimum atomic E-state index is -0.268. The summed E-state index contributed by atoms with van der Waals surface area (Å²) in [6, 6.07) is 7.84. The summed E-state index contributed by atoms with van der Waals surface area (Å²) in [7, 11) is 3.95. The smallest absolute Gasteiger partial charge is 0.253 e. The van der Waals surface area contributed by atoms with Crippen molar-refractivity contribution in [3.63, 3.8) is 0 Å². The number of amides is 2. The second-order valence-electron chi connectivity index (χ2n) is 7.88. The van der Waals surface area contributed by atoms with Crippen molar-refractivity contribution in [1.29, 1.82) is 0 Å². The molecule has 27 heavy (non-hydrogen) atoms. The van der Waals surface area contributed by atoms with Crippen molar-refractivity contribution < 1.29 is 14.3 Å². The first-order valence-electron chi connectivity index (χ1n) is 9.70. The summed E-state index contributed by atoms with van der Waals surface area (Å²) in [6.07, 6.45) is 0. The van der Waals surface area contributed by atoms with Crippen LogP contribution in [0.5, 0.6) is 0 Å². The summed E-state index contributed by atoms with van der Waals surface area (Å²) < 4.78 is 5.62. The van der Waals surface area contributed by atoms with Gasteiger partial charge in [0.1, 0.15) is 0 Å². The minimum absolute atomic E-state index is 0.0000671. The topological polar surface area (TPSA) is 56.3 Å². The van der Waals surface area contributed by atoms with Crippen molar-refractivity contribution in [2.24, 2.45) is 5.92 Å². The van der Waals surface area contributed by atoms with Gasteiger partial charge in [0.05, 0.1) is 25.2 Å². The van der Waals surface area contributed by atoms with E-state index in [-0.39, 0.29) is 23.8 Å². The Labute approximate surface area is 160 Å². The maximum Gasteiger partial charge on any atom is 0.253 e. The number of carbonyl (C=O) groups is 2. The van der Waals surface area contributed by atoms with Crippen LogP contribution < -0.4 is 4.90 Å². The molecule has 2 atom stereocenters. The van der Waals surface area contributed by atoms with Crippen LogP contribution >= 0.6 is 0 Å². The highest BCUT2D eigenvalue weighted by molar-refractivity contribution is 5.95. The van der Waals surface area contributed by atoms with Gasteiger partial charge in [0.2, 0.25) is 5.91 Å². The monoisotopic (exact) mass is 372 g/mol. The van der Waals surface area contributed by atoms with E-state index in [1.54, 1.807) is 4.90 Å². The van der Waals surface area contributed by atoms with Crippen LogP contribution in [0.1, 0.15) is 10.4 Å². The fourth-order valence-corrected chi connectivity index (χ4v) is 4.13. The zero-order valence-electron chi connectivity index (χ0n) is 16.1. The number of hydrogen-bond acceptors (Lipinski definition) is 5. The standard InChI is InChI=1S/C20H28N4O3/c1-21-7-9-23(10-8-21)17-5-3-15(4-6-17)20(26)24-11-16-13-27-14-18(12-24)22(2)19(16)25/h3-6,16,18H,7-14H2,1-2H3/t16-,18+/m1/s1. The summed E-state index contributed by atoms with van der Waals surface area (Å²) in [4.78, 5) is 33.8. The molecule has 7 heteroatoms. The minimum Gasteiger partial charge on any atom is -0.378 e. The fraction of sp³-hybridized carbons (Fsp3) is 0.600. The Hall–Kier alpha value is -2.12. The van der Waals surface area contributed by atoms with Gasteiger partial charge in [0.25, 0.3) is 5.91 Å². The van der Waals surface area contributed by atoms with E-state index in [1.807, 2.05) is 36.2 Å². The van der Waals surface area contributed by atoms with Crippen LogP contribution in [-0.2, 0) is 9.53 Å². The Kier molecular flexibility index (Phi) is 5.06. The Balaban J connectivity index is 1.47. The van der Waals surface area contributed by atoms with Crippen LogP contribution in [0.3, 0.4) is 0 Å². The molecular weight excluding hydrogens is 344 g/mol. The number of carbonyl (C=O) groups excluding carboxylic acids is 2. The van der Waals surface area contributed by atoms with Crippen LogP contribution in [-0.4, -0.2) is 99.1 Å². The largest absolute Gasteiger partial charge is 0.378 e. The van der Waals surface area contributed by atoms with E-state index in [0.717, 1.165) is 31.9 Å². The van der Waals surface area contributed by atoms with Crippen LogP contribution in [0.4, 0.5) is 5.69 Å². The first-order chi connectivity index (χ1) is 13.0. The van der Waals surface area contributed by atoms with Gasteiger partial charge in [-0.2, -0.15) is 0 Å². The van der Waals surface area contributed by atoms with Crippen molar-refractivity contribution in [3.05, 3.63) is 29.8 Å². The van der Waals surface area contributed by atoms with E-state index in [4.69, 9.17) is 4.74 Å². The van der Waals surface area contributed by atoms with Gasteiger partial charge in [-0.25, -0.2) is 0 Å². The number of ether oxygens (including phenoxy) is 1. The molecule has 1 aromatic carbocycles. The second-order valence-corrected chi connectivity index (χ2v) is 7.88. The molecule has 3 aliphatic rings. The average molecular weight is 372 g/mol. The van der Waals surface area contributed by atoms with Gasteiger partial charge >= 0.3 is 0 Å².